The van der Waals surface area contributed by atoms with E-state index in [2.05, 4.69) is 18.8 Å². The minimum atomic E-state index is 0.730. The molecule has 2 aromatic rings. The van der Waals surface area contributed by atoms with Gasteiger partial charge in [0.15, 0.2) is 0 Å². The summed E-state index contributed by atoms with van der Waals surface area (Å²) in [7, 11) is 0. The van der Waals surface area contributed by atoms with Crippen molar-refractivity contribution in [2.45, 2.75) is 26.7 Å². The predicted molar refractivity (Wildman–Crippen MR) is 73.6 cm³/mol. The molecule has 0 radical (unpaired) electrons. The number of benzene rings is 1. The Morgan fingerprint density at radius 3 is 3.00 bits per heavy atom. The first-order chi connectivity index (χ1) is 8.15. The van der Waals surface area contributed by atoms with E-state index in [9.17, 15) is 0 Å². The smallest absolute Gasteiger partial charge is 0.274 e. The highest BCUT2D eigenvalue weighted by molar-refractivity contribution is 7.20. The number of rotatable bonds is 5. The summed E-state index contributed by atoms with van der Waals surface area (Å²) in [6.07, 6.45) is 2.27. The molecule has 0 amide bonds. The third-order valence-electron chi connectivity index (χ3n) is 2.54. The molecule has 0 aliphatic carbocycles. The highest BCUT2D eigenvalue weighted by atomic mass is 32.1. The van der Waals surface area contributed by atoms with E-state index in [4.69, 9.17) is 10.5 Å². The maximum atomic E-state index is 5.73. The van der Waals surface area contributed by atoms with Crippen LogP contribution in [-0.4, -0.2) is 11.6 Å². The van der Waals surface area contributed by atoms with E-state index >= 15 is 0 Å². The van der Waals surface area contributed by atoms with E-state index in [-0.39, 0.29) is 0 Å². The van der Waals surface area contributed by atoms with Crippen LogP contribution in [0.25, 0.3) is 10.2 Å². The van der Waals surface area contributed by atoms with Crippen LogP contribution in [0.3, 0.4) is 0 Å². The zero-order valence-corrected chi connectivity index (χ0v) is 11.1. The van der Waals surface area contributed by atoms with Gasteiger partial charge in [0.05, 0.1) is 16.8 Å². The molecule has 92 valence electrons. The molecule has 2 rings (SSSR count). The van der Waals surface area contributed by atoms with Gasteiger partial charge >= 0.3 is 0 Å². The van der Waals surface area contributed by atoms with E-state index in [0.717, 1.165) is 40.0 Å². The van der Waals surface area contributed by atoms with Crippen molar-refractivity contribution >= 4 is 27.2 Å². The van der Waals surface area contributed by atoms with Crippen LogP contribution in [0.5, 0.6) is 5.19 Å². The zero-order valence-electron chi connectivity index (χ0n) is 10.3. The van der Waals surface area contributed by atoms with Crippen molar-refractivity contribution < 1.29 is 4.74 Å². The Bertz CT molecular complexity index is 493. The first-order valence-electron chi connectivity index (χ1n) is 5.94. The average Bonchev–Trinajstić information content (AvgIpc) is 2.66. The summed E-state index contributed by atoms with van der Waals surface area (Å²) < 4.78 is 6.73. The fraction of sp³-hybridized carbons (Fsp3) is 0.462. The van der Waals surface area contributed by atoms with Gasteiger partial charge in [-0.05, 0) is 37.0 Å². The topological polar surface area (TPSA) is 48.1 Å². The van der Waals surface area contributed by atoms with Crippen molar-refractivity contribution in [1.82, 2.24) is 4.98 Å². The summed E-state index contributed by atoms with van der Waals surface area (Å²) in [6.45, 7) is 5.19. The summed E-state index contributed by atoms with van der Waals surface area (Å²) in [5.41, 5.74) is 7.46. The van der Waals surface area contributed by atoms with Gasteiger partial charge in [-0.3, -0.25) is 0 Å². The Balaban J connectivity index is 1.95. The van der Waals surface area contributed by atoms with E-state index < -0.39 is 0 Å². The van der Waals surface area contributed by atoms with Crippen molar-refractivity contribution in [3.05, 3.63) is 18.2 Å². The minimum Gasteiger partial charge on any atom is -0.470 e. The third kappa shape index (κ3) is 3.33. The molecule has 0 aliphatic heterocycles. The van der Waals surface area contributed by atoms with Crippen LogP contribution in [0.15, 0.2) is 18.2 Å². The first-order valence-corrected chi connectivity index (χ1v) is 6.75. The highest BCUT2D eigenvalue weighted by Gasteiger charge is 2.05. The van der Waals surface area contributed by atoms with Gasteiger partial charge in [-0.15, -0.1) is 0 Å². The van der Waals surface area contributed by atoms with E-state index in [1.807, 2.05) is 18.2 Å². The lowest BCUT2D eigenvalue weighted by atomic mass is 10.1. The Morgan fingerprint density at radius 1 is 1.41 bits per heavy atom. The molecule has 1 aromatic carbocycles. The third-order valence-corrected chi connectivity index (χ3v) is 3.47. The number of aromatic nitrogens is 1. The maximum absolute atomic E-state index is 5.73. The van der Waals surface area contributed by atoms with Crippen LogP contribution in [0, 0.1) is 5.92 Å². The molecular formula is C13H18N2OS. The number of fused-ring (bicyclic) bond motifs is 1. The van der Waals surface area contributed by atoms with E-state index in [1.54, 1.807) is 11.3 Å². The number of anilines is 1. The number of nitrogen functional groups attached to an aromatic ring is 1. The molecule has 0 fully saturated rings. The lowest BCUT2D eigenvalue weighted by Gasteiger charge is -2.04. The number of ether oxygens (including phenoxy) is 1. The van der Waals surface area contributed by atoms with Crippen LogP contribution in [0.1, 0.15) is 26.7 Å². The Labute approximate surface area is 106 Å². The van der Waals surface area contributed by atoms with Gasteiger partial charge in [0.1, 0.15) is 0 Å². The normalized spacial score (nSPS) is 11.2. The number of hydrogen-bond acceptors (Lipinski definition) is 4. The predicted octanol–water partition coefficient (Wildman–Crippen LogP) is 3.69. The fourth-order valence-electron chi connectivity index (χ4n) is 1.63. The van der Waals surface area contributed by atoms with Gasteiger partial charge in [0, 0.05) is 5.69 Å². The number of hydrogen-bond donors (Lipinski definition) is 1. The monoisotopic (exact) mass is 250 g/mol. The Kier molecular flexibility index (Phi) is 3.84. The van der Waals surface area contributed by atoms with Gasteiger partial charge in [-0.1, -0.05) is 25.2 Å². The average molecular weight is 250 g/mol. The molecule has 2 N–H and O–H groups in total. The molecule has 0 saturated carbocycles. The standard InChI is InChI=1S/C13H18N2OS/c1-9(2)4-3-7-16-13-15-11-6-5-10(14)8-12(11)17-13/h5-6,8-9H,3-4,7,14H2,1-2H3. The van der Waals surface area contributed by atoms with Crippen molar-refractivity contribution in [2.75, 3.05) is 12.3 Å². The van der Waals surface area contributed by atoms with Gasteiger partial charge in [0.25, 0.3) is 5.19 Å². The fourth-order valence-corrected chi connectivity index (χ4v) is 2.52. The molecule has 0 aliphatic rings. The summed E-state index contributed by atoms with van der Waals surface area (Å²) in [6, 6.07) is 5.74. The van der Waals surface area contributed by atoms with Gasteiger partial charge in [0.2, 0.25) is 0 Å². The zero-order chi connectivity index (χ0) is 12.3. The first kappa shape index (κ1) is 12.2. The summed E-state index contributed by atoms with van der Waals surface area (Å²) in [4.78, 5) is 4.41. The summed E-state index contributed by atoms with van der Waals surface area (Å²) in [5, 5.41) is 0.745. The Hall–Kier alpha value is -1.29. The quantitative estimate of drug-likeness (QED) is 0.650. The molecule has 1 aromatic heterocycles. The van der Waals surface area contributed by atoms with Gasteiger partial charge in [-0.2, -0.15) is 0 Å². The van der Waals surface area contributed by atoms with Gasteiger partial charge < -0.3 is 10.5 Å². The summed E-state index contributed by atoms with van der Waals surface area (Å²) >= 11 is 1.56. The minimum absolute atomic E-state index is 0.730. The lowest BCUT2D eigenvalue weighted by Crippen LogP contribution is -1.98. The molecule has 0 saturated heterocycles. The van der Waals surface area contributed by atoms with Crippen LogP contribution < -0.4 is 10.5 Å². The number of nitrogens with zero attached hydrogens (tertiary/aromatic N) is 1. The second-order valence-corrected chi connectivity index (χ2v) is 5.58. The highest BCUT2D eigenvalue weighted by Crippen LogP contribution is 2.29. The van der Waals surface area contributed by atoms with Crippen molar-refractivity contribution in [2.24, 2.45) is 5.92 Å². The molecule has 17 heavy (non-hydrogen) atoms. The van der Waals surface area contributed by atoms with Crippen molar-refractivity contribution in [1.29, 1.82) is 0 Å². The van der Waals surface area contributed by atoms with Crippen LogP contribution in [0.2, 0.25) is 0 Å². The second kappa shape index (κ2) is 5.36. The summed E-state index contributed by atoms with van der Waals surface area (Å²) in [5.74, 6) is 0.730. The SMILES string of the molecule is CC(C)CCCOc1nc2ccc(N)cc2s1. The molecule has 0 bridgehead atoms. The molecule has 0 spiro atoms. The van der Waals surface area contributed by atoms with Gasteiger partial charge in [-0.25, -0.2) is 4.98 Å². The van der Waals surface area contributed by atoms with E-state index in [1.165, 1.54) is 6.42 Å². The molecule has 3 nitrogen and oxygen atoms in total. The molecule has 1 heterocycles. The van der Waals surface area contributed by atoms with Crippen LogP contribution in [0.4, 0.5) is 5.69 Å². The van der Waals surface area contributed by atoms with E-state index in [0.29, 0.717) is 0 Å². The second-order valence-electron chi connectivity index (χ2n) is 4.59. The Morgan fingerprint density at radius 2 is 2.24 bits per heavy atom. The molecular weight excluding hydrogens is 232 g/mol. The molecule has 0 unspecified atom stereocenters. The van der Waals surface area contributed by atoms with Crippen molar-refractivity contribution in [3.8, 4) is 5.19 Å². The number of nitrogens with two attached hydrogens (primary N) is 1. The molecule has 0 atom stereocenters. The number of thiazole rings is 1. The van der Waals surface area contributed by atoms with Crippen LogP contribution in [-0.2, 0) is 0 Å². The van der Waals surface area contributed by atoms with Crippen molar-refractivity contribution in [3.63, 3.8) is 0 Å². The lowest BCUT2D eigenvalue weighted by molar-refractivity contribution is 0.297. The molecule has 4 heteroatoms. The maximum Gasteiger partial charge on any atom is 0.274 e. The largest absolute Gasteiger partial charge is 0.470 e. The van der Waals surface area contributed by atoms with Crippen LogP contribution >= 0.6 is 11.3 Å².